The summed E-state index contributed by atoms with van der Waals surface area (Å²) < 4.78 is 26.3. The molecule has 1 saturated heterocycles. The second kappa shape index (κ2) is 4.80. The van der Waals surface area contributed by atoms with Crippen molar-refractivity contribution in [3.8, 4) is 0 Å². The molecule has 1 fully saturated rings. The maximum atomic E-state index is 12.4. The first-order valence-corrected chi connectivity index (χ1v) is 7.34. The van der Waals surface area contributed by atoms with Gasteiger partial charge in [-0.3, -0.25) is 0 Å². The smallest absolute Gasteiger partial charge is 0.244 e. The van der Waals surface area contributed by atoms with E-state index < -0.39 is 10.0 Å². The maximum Gasteiger partial charge on any atom is 0.244 e. The van der Waals surface area contributed by atoms with E-state index in [2.05, 4.69) is 11.9 Å². The normalized spacial score (nSPS) is 27.2. The molecule has 0 spiro atoms. The molecular weight excluding hydrogens is 238 g/mol. The molecule has 96 valence electrons. The molecule has 1 aliphatic heterocycles. The third-order valence-electron chi connectivity index (χ3n) is 3.37. The van der Waals surface area contributed by atoms with Gasteiger partial charge in [-0.1, -0.05) is 6.92 Å². The minimum Gasteiger partial charge on any atom is -0.366 e. The summed E-state index contributed by atoms with van der Waals surface area (Å²) in [5.74, 6) is 0.543. The van der Waals surface area contributed by atoms with Gasteiger partial charge in [0.1, 0.15) is 0 Å². The highest BCUT2D eigenvalue weighted by Crippen LogP contribution is 2.27. The molecule has 1 aliphatic rings. The molecule has 2 rings (SSSR count). The lowest BCUT2D eigenvalue weighted by atomic mass is 9.94. The third kappa shape index (κ3) is 2.38. The Balaban J connectivity index is 2.27. The fourth-order valence-corrected chi connectivity index (χ4v) is 4.00. The van der Waals surface area contributed by atoms with Crippen LogP contribution in [-0.4, -0.2) is 36.8 Å². The van der Waals surface area contributed by atoms with Crippen LogP contribution >= 0.6 is 0 Å². The summed E-state index contributed by atoms with van der Waals surface area (Å²) in [6.07, 6.45) is 4.89. The number of hydrogen-bond acceptors (Lipinski definition) is 3. The van der Waals surface area contributed by atoms with Crippen LogP contribution in [0.2, 0.25) is 0 Å². The first kappa shape index (κ1) is 12.6. The van der Waals surface area contributed by atoms with Crippen molar-refractivity contribution >= 4 is 10.0 Å². The topological polar surface area (TPSA) is 79.2 Å². The minimum absolute atomic E-state index is 0.0707. The lowest BCUT2D eigenvalue weighted by Gasteiger charge is -2.36. The van der Waals surface area contributed by atoms with E-state index >= 15 is 0 Å². The SMILES string of the molecule is CC1CCN(S(=O)(=O)c2cc[nH]c2)C(CN)C1. The zero-order valence-electron chi connectivity index (χ0n) is 9.96. The van der Waals surface area contributed by atoms with Gasteiger partial charge in [0.2, 0.25) is 10.0 Å². The van der Waals surface area contributed by atoms with Crippen molar-refractivity contribution in [3.63, 3.8) is 0 Å². The van der Waals surface area contributed by atoms with E-state index in [4.69, 9.17) is 5.73 Å². The molecule has 0 aromatic carbocycles. The van der Waals surface area contributed by atoms with Gasteiger partial charge in [0.15, 0.2) is 0 Å². The van der Waals surface area contributed by atoms with E-state index in [-0.39, 0.29) is 6.04 Å². The van der Waals surface area contributed by atoms with Crippen LogP contribution in [0.3, 0.4) is 0 Å². The standard InChI is InChI=1S/C11H19N3O2S/c1-9-3-5-14(10(6-9)7-12)17(15,16)11-2-4-13-8-11/h2,4,8-10,13H,3,5-7,12H2,1H3. The van der Waals surface area contributed by atoms with Crippen molar-refractivity contribution in [2.24, 2.45) is 11.7 Å². The molecule has 0 radical (unpaired) electrons. The van der Waals surface area contributed by atoms with Crippen LogP contribution in [0.1, 0.15) is 19.8 Å². The van der Waals surface area contributed by atoms with E-state index in [0.717, 1.165) is 12.8 Å². The predicted octanol–water partition coefficient (Wildman–Crippen LogP) is 0.763. The zero-order chi connectivity index (χ0) is 12.5. The Morgan fingerprint density at radius 3 is 2.94 bits per heavy atom. The quantitative estimate of drug-likeness (QED) is 0.839. The van der Waals surface area contributed by atoms with Crippen molar-refractivity contribution in [1.29, 1.82) is 0 Å². The summed E-state index contributed by atoms with van der Waals surface area (Å²) in [5.41, 5.74) is 5.69. The van der Waals surface area contributed by atoms with E-state index in [0.29, 0.717) is 23.9 Å². The average molecular weight is 257 g/mol. The predicted molar refractivity (Wildman–Crippen MR) is 65.9 cm³/mol. The van der Waals surface area contributed by atoms with Crippen LogP contribution in [0, 0.1) is 5.92 Å². The van der Waals surface area contributed by atoms with Crippen molar-refractivity contribution in [2.45, 2.75) is 30.7 Å². The fraction of sp³-hybridized carbons (Fsp3) is 0.636. The molecule has 2 atom stereocenters. The highest BCUT2D eigenvalue weighted by Gasteiger charge is 2.34. The molecule has 5 nitrogen and oxygen atoms in total. The summed E-state index contributed by atoms with van der Waals surface area (Å²) in [6.45, 7) is 3.09. The van der Waals surface area contributed by atoms with Gasteiger partial charge in [0, 0.05) is 31.5 Å². The summed E-state index contributed by atoms with van der Waals surface area (Å²) in [7, 11) is -3.38. The minimum atomic E-state index is -3.38. The van der Waals surface area contributed by atoms with Gasteiger partial charge in [0.25, 0.3) is 0 Å². The van der Waals surface area contributed by atoms with Crippen molar-refractivity contribution < 1.29 is 8.42 Å². The van der Waals surface area contributed by atoms with Crippen molar-refractivity contribution in [2.75, 3.05) is 13.1 Å². The number of aromatic nitrogens is 1. The van der Waals surface area contributed by atoms with Gasteiger partial charge >= 0.3 is 0 Å². The molecule has 0 aliphatic carbocycles. The van der Waals surface area contributed by atoms with Crippen LogP contribution in [0.25, 0.3) is 0 Å². The molecule has 0 bridgehead atoms. The van der Waals surface area contributed by atoms with Gasteiger partial charge < -0.3 is 10.7 Å². The maximum absolute atomic E-state index is 12.4. The molecule has 0 amide bonds. The molecule has 1 aromatic heterocycles. The number of aromatic amines is 1. The Labute approximate surface area is 102 Å². The van der Waals surface area contributed by atoms with Gasteiger partial charge in [-0.05, 0) is 24.8 Å². The van der Waals surface area contributed by atoms with Crippen molar-refractivity contribution in [3.05, 3.63) is 18.5 Å². The first-order valence-electron chi connectivity index (χ1n) is 5.90. The molecule has 0 saturated carbocycles. The summed E-state index contributed by atoms with van der Waals surface area (Å²) in [6, 6.07) is 1.51. The molecule has 2 heterocycles. The summed E-state index contributed by atoms with van der Waals surface area (Å²) in [4.78, 5) is 3.10. The Kier molecular flexibility index (Phi) is 3.56. The lowest BCUT2D eigenvalue weighted by molar-refractivity contribution is 0.211. The number of piperidine rings is 1. The van der Waals surface area contributed by atoms with Crippen LogP contribution in [0.15, 0.2) is 23.4 Å². The monoisotopic (exact) mass is 257 g/mol. The Morgan fingerprint density at radius 2 is 2.35 bits per heavy atom. The van der Waals surface area contributed by atoms with Gasteiger partial charge in [-0.2, -0.15) is 4.31 Å². The van der Waals surface area contributed by atoms with E-state index in [9.17, 15) is 8.42 Å². The first-order chi connectivity index (χ1) is 8.05. The highest BCUT2D eigenvalue weighted by molar-refractivity contribution is 7.89. The highest BCUT2D eigenvalue weighted by atomic mass is 32.2. The zero-order valence-corrected chi connectivity index (χ0v) is 10.8. The number of nitrogens with zero attached hydrogens (tertiary/aromatic N) is 1. The summed E-state index contributed by atoms with van der Waals surface area (Å²) in [5, 5.41) is 0. The fourth-order valence-electron chi connectivity index (χ4n) is 2.36. The number of hydrogen-bond donors (Lipinski definition) is 2. The Hall–Kier alpha value is -0.850. The van der Waals surface area contributed by atoms with Crippen LogP contribution in [-0.2, 0) is 10.0 Å². The van der Waals surface area contributed by atoms with Crippen LogP contribution < -0.4 is 5.73 Å². The van der Waals surface area contributed by atoms with Crippen LogP contribution in [0.4, 0.5) is 0 Å². The number of nitrogens with two attached hydrogens (primary N) is 1. The molecule has 3 N–H and O–H groups in total. The van der Waals surface area contributed by atoms with Crippen molar-refractivity contribution in [1.82, 2.24) is 9.29 Å². The lowest BCUT2D eigenvalue weighted by Crippen LogP contribution is -2.49. The third-order valence-corrected chi connectivity index (χ3v) is 5.32. The Bertz CT molecular complexity index is 455. The number of rotatable bonds is 3. The summed E-state index contributed by atoms with van der Waals surface area (Å²) >= 11 is 0. The molecule has 1 aromatic rings. The largest absolute Gasteiger partial charge is 0.366 e. The van der Waals surface area contributed by atoms with Crippen LogP contribution in [0.5, 0.6) is 0 Å². The van der Waals surface area contributed by atoms with Gasteiger partial charge in [-0.15, -0.1) is 0 Å². The van der Waals surface area contributed by atoms with Gasteiger partial charge in [0.05, 0.1) is 4.90 Å². The second-order valence-electron chi connectivity index (χ2n) is 4.68. The number of sulfonamides is 1. The van der Waals surface area contributed by atoms with E-state index in [1.54, 1.807) is 16.6 Å². The average Bonchev–Trinajstić information content (AvgIpc) is 2.82. The Morgan fingerprint density at radius 1 is 1.59 bits per heavy atom. The van der Waals surface area contributed by atoms with E-state index in [1.807, 2.05) is 0 Å². The number of H-pyrrole nitrogens is 1. The molecular formula is C11H19N3O2S. The number of nitrogens with one attached hydrogen (secondary N) is 1. The molecule has 17 heavy (non-hydrogen) atoms. The van der Waals surface area contributed by atoms with Gasteiger partial charge in [-0.25, -0.2) is 8.42 Å². The second-order valence-corrected chi connectivity index (χ2v) is 6.57. The molecule has 2 unspecified atom stereocenters. The van der Waals surface area contributed by atoms with E-state index in [1.165, 1.54) is 6.20 Å². The molecule has 6 heteroatoms.